The van der Waals surface area contributed by atoms with Gasteiger partial charge in [-0.05, 0) is 18.4 Å². The summed E-state index contributed by atoms with van der Waals surface area (Å²) in [5.74, 6) is -0.732. The summed E-state index contributed by atoms with van der Waals surface area (Å²) in [6, 6.07) is 8.71. The van der Waals surface area contributed by atoms with Gasteiger partial charge in [0.15, 0.2) is 0 Å². The van der Waals surface area contributed by atoms with E-state index in [9.17, 15) is 14.4 Å². The molecule has 1 aliphatic heterocycles. The lowest BCUT2D eigenvalue weighted by Gasteiger charge is -2.35. The lowest BCUT2D eigenvalue weighted by Crippen LogP contribution is -2.54. The molecule has 0 saturated carbocycles. The van der Waals surface area contributed by atoms with E-state index >= 15 is 0 Å². The minimum Gasteiger partial charge on any atom is -0.468 e. The molecule has 1 aromatic carbocycles. The molecular weight excluding hydrogens is 312 g/mol. The van der Waals surface area contributed by atoms with Gasteiger partial charge < -0.3 is 14.4 Å². The van der Waals surface area contributed by atoms with Crippen LogP contribution in [0.2, 0.25) is 0 Å². The van der Waals surface area contributed by atoms with E-state index in [2.05, 4.69) is 4.74 Å². The number of amides is 2. The van der Waals surface area contributed by atoms with Crippen LogP contribution in [-0.2, 0) is 25.7 Å². The number of piperidine rings is 1. The highest BCUT2D eigenvalue weighted by Gasteiger charge is 2.35. The van der Waals surface area contributed by atoms with Crippen LogP contribution >= 0.6 is 0 Å². The van der Waals surface area contributed by atoms with Crippen LogP contribution in [0.25, 0.3) is 0 Å². The molecule has 24 heavy (non-hydrogen) atoms. The maximum absolute atomic E-state index is 12.5. The van der Waals surface area contributed by atoms with Crippen molar-refractivity contribution in [1.29, 1.82) is 0 Å². The first-order valence-electron chi connectivity index (χ1n) is 7.82. The smallest absolute Gasteiger partial charge is 0.410 e. The number of likely N-dealkylation sites (N-methyl/N-ethyl adjacent to an activating group) is 1. The monoisotopic (exact) mass is 334 g/mol. The Bertz CT molecular complexity index is 590. The van der Waals surface area contributed by atoms with E-state index in [1.54, 1.807) is 0 Å². The minimum atomic E-state index is -0.619. The zero-order valence-corrected chi connectivity index (χ0v) is 13.9. The number of esters is 1. The zero-order chi connectivity index (χ0) is 17.5. The summed E-state index contributed by atoms with van der Waals surface area (Å²) in [5, 5.41) is 0. The van der Waals surface area contributed by atoms with E-state index < -0.39 is 18.1 Å². The lowest BCUT2D eigenvalue weighted by molar-refractivity contribution is -0.150. The van der Waals surface area contributed by atoms with E-state index in [1.807, 2.05) is 30.3 Å². The quantitative estimate of drug-likeness (QED) is 0.761. The number of carbonyl (C=O) groups excluding carboxylic acids is 3. The van der Waals surface area contributed by atoms with Gasteiger partial charge in [-0.25, -0.2) is 4.79 Å². The molecule has 0 spiro atoms. The molecule has 2 amide bonds. The van der Waals surface area contributed by atoms with Gasteiger partial charge in [-0.1, -0.05) is 30.3 Å². The molecule has 2 rings (SSSR count). The van der Waals surface area contributed by atoms with Crippen LogP contribution in [0.4, 0.5) is 4.79 Å². The highest BCUT2D eigenvalue weighted by Crippen LogP contribution is 2.17. The van der Waals surface area contributed by atoms with Gasteiger partial charge in [0.2, 0.25) is 5.91 Å². The number of carbonyl (C=O) groups is 3. The minimum absolute atomic E-state index is 0.0985. The molecule has 1 aromatic rings. The molecule has 0 aliphatic carbocycles. The Hall–Kier alpha value is -2.57. The summed E-state index contributed by atoms with van der Waals surface area (Å²) in [6.45, 7) is 0.535. The Morgan fingerprint density at radius 3 is 2.67 bits per heavy atom. The number of benzene rings is 1. The fourth-order valence-electron chi connectivity index (χ4n) is 2.60. The van der Waals surface area contributed by atoms with Crippen molar-refractivity contribution < 1.29 is 23.9 Å². The van der Waals surface area contributed by atoms with Crippen LogP contribution in [0.3, 0.4) is 0 Å². The molecule has 130 valence electrons. The highest BCUT2D eigenvalue weighted by molar-refractivity contribution is 5.88. The maximum Gasteiger partial charge on any atom is 0.410 e. The third-order valence-corrected chi connectivity index (χ3v) is 4.01. The fraction of sp³-hybridized carbons (Fsp3) is 0.471. The largest absolute Gasteiger partial charge is 0.468 e. The van der Waals surface area contributed by atoms with Gasteiger partial charge >= 0.3 is 12.1 Å². The van der Waals surface area contributed by atoms with E-state index in [4.69, 9.17) is 4.74 Å². The third-order valence-electron chi connectivity index (χ3n) is 4.01. The van der Waals surface area contributed by atoms with Crippen LogP contribution in [0.5, 0.6) is 0 Å². The summed E-state index contributed by atoms with van der Waals surface area (Å²) in [6.07, 6.45) is 0.703. The molecule has 0 aromatic heterocycles. The van der Waals surface area contributed by atoms with Crippen molar-refractivity contribution in [2.45, 2.75) is 25.5 Å². The second-order valence-electron chi connectivity index (χ2n) is 5.65. The van der Waals surface area contributed by atoms with Gasteiger partial charge in [-0.3, -0.25) is 14.5 Å². The molecule has 0 N–H and O–H groups in total. The molecule has 1 fully saturated rings. The van der Waals surface area contributed by atoms with Crippen molar-refractivity contribution >= 4 is 18.0 Å². The van der Waals surface area contributed by atoms with E-state index in [-0.39, 0.29) is 19.1 Å². The van der Waals surface area contributed by atoms with Crippen molar-refractivity contribution in [1.82, 2.24) is 9.80 Å². The summed E-state index contributed by atoms with van der Waals surface area (Å²) < 4.78 is 9.85. The third kappa shape index (κ3) is 4.47. The molecule has 0 bridgehead atoms. The fourth-order valence-corrected chi connectivity index (χ4v) is 2.60. The van der Waals surface area contributed by atoms with Gasteiger partial charge in [0.1, 0.15) is 19.2 Å². The average molecular weight is 334 g/mol. The number of ether oxygens (including phenoxy) is 2. The predicted molar refractivity (Wildman–Crippen MR) is 86.0 cm³/mol. The molecule has 7 heteroatoms. The molecular formula is C17H22N2O5. The van der Waals surface area contributed by atoms with Crippen molar-refractivity contribution in [3.63, 3.8) is 0 Å². The molecule has 0 radical (unpaired) electrons. The highest BCUT2D eigenvalue weighted by atomic mass is 16.6. The van der Waals surface area contributed by atoms with Gasteiger partial charge in [-0.15, -0.1) is 0 Å². The van der Waals surface area contributed by atoms with Gasteiger partial charge in [0, 0.05) is 13.6 Å². The predicted octanol–water partition coefficient (Wildman–Crippen LogP) is 1.42. The standard InChI is InChI=1S/C17H22N2O5/c1-18(17(22)24-12-13-7-4-3-5-8-13)14-9-6-10-19(16(14)21)11-15(20)23-2/h3-5,7-8,14H,6,9-12H2,1-2H3/t14-/m0/s1. The van der Waals surface area contributed by atoms with Crippen LogP contribution in [0.15, 0.2) is 30.3 Å². The Morgan fingerprint density at radius 1 is 1.29 bits per heavy atom. The number of hydrogen-bond acceptors (Lipinski definition) is 5. The molecule has 0 unspecified atom stereocenters. The number of hydrogen-bond donors (Lipinski definition) is 0. The van der Waals surface area contributed by atoms with Crippen molar-refractivity contribution in [3.8, 4) is 0 Å². The average Bonchev–Trinajstić information content (AvgIpc) is 2.61. The second kappa shape index (κ2) is 8.33. The van der Waals surface area contributed by atoms with Crippen LogP contribution < -0.4 is 0 Å². The topological polar surface area (TPSA) is 76.2 Å². The molecule has 1 atom stereocenters. The van der Waals surface area contributed by atoms with Crippen LogP contribution in [0.1, 0.15) is 18.4 Å². The van der Waals surface area contributed by atoms with Crippen molar-refractivity contribution in [3.05, 3.63) is 35.9 Å². The summed E-state index contributed by atoms with van der Waals surface area (Å²) in [7, 11) is 2.82. The van der Waals surface area contributed by atoms with Crippen molar-refractivity contribution in [2.24, 2.45) is 0 Å². The SMILES string of the molecule is COC(=O)CN1CCC[C@H](N(C)C(=O)OCc2ccccc2)C1=O. The van der Waals surface area contributed by atoms with Crippen LogP contribution in [-0.4, -0.2) is 61.1 Å². The second-order valence-corrected chi connectivity index (χ2v) is 5.65. The Labute approximate surface area is 141 Å². The number of likely N-dealkylation sites (tertiary alicyclic amines) is 1. The normalized spacial score (nSPS) is 17.3. The Kier molecular flexibility index (Phi) is 6.17. The van der Waals surface area contributed by atoms with E-state index in [1.165, 1.54) is 24.0 Å². The first-order valence-corrected chi connectivity index (χ1v) is 7.82. The summed E-state index contributed by atoms with van der Waals surface area (Å²) >= 11 is 0. The number of rotatable bonds is 5. The molecule has 7 nitrogen and oxygen atoms in total. The van der Waals surface area contributed by atoms with Gasteiger partial charge in [0.25, 0.3) is 0 Å². The Morgan fingerprint density at radius 2 is 2.00 bits per heavy atom. The first kappa shape index (κ1) is 17.8. The maximum atomic E-state index is 12.5. The zero-order valence-electron chi connectivity index (χ0n) is 13.9. The number of methoxy groups -OCH3 is 1. The lowest BCUT2D eigenvalue weighted by atomic mass is 10.0. The van der Waals surface area contributed by atoms with Crippen LogP contribution in [0, 0.1) is 0 Å². The van der Waals surface area contributed by atoms with Gasteiger partial charge in [0.05, 0.1) is 7.11 Å². The molecule has 1 heterocycles. The molecule has 1 aliphatic rings. The summed E-state index contributed by atoms with van der Waals surface area (Å²) in [5.41, 5.74) is 0.876. The first-order chi connectivity index (χ1) is 11.5. The van der Waals surface area contributed by atoms with Gasteiger partial charge in [-0.2, -0.15) is 0 Å². The van der Waals surface area contributed by atoms with Crippen molar-refractivity contribution in [2.75, 3.05) is 27.2 Å². The Balaban J connectivity index is 1.92. The van der Waals surface area contributed by atoms with E-state index in [0.717, 1.165) is 5.56 Å². The summed E-state index contributed by atoms with van der Waals surface area (Å²) in [4.78, 5) is 38.7. The van der Waals surface area contributed by atoms with E-state index in [0.29, 0.717) is 19.4 Å². The number of nitrogens with zero attached hydrogens (tertiary/aromatic N) is 2. The molecule has 1 saturated heterocycles.